The molecule has 9 heteroatoms. The Kier molecular flexibility index (Phi) is 7.03. The highest BCUT2D eigenvalue weighted by molar-refractivity contribution is 6.33. The molecule has 2 aromatic rings. The number of methoxy groups -OCH3 is 1. The van der Waals surface area contributed by atoms with Crippen molar-refractivity contribution in [2.45, 2.75) is 0 Å². The highest BCUT2D eigenvalue weighted by Crippen LogP contribution is 2.46. The Morgan fingerprint density at radius 3 is 2.22 bits per heavy atom. The van der Waals surface area contributed by atoms with Crippen molar-refractivity contribution in [3.05, 3.63) is 59.1 Å². The lowest BCUT2D eigenvalue weighted by Gasteiger charge is -2.35. The van der Waals surface area contributed by atoms with E-state index in [0.29, 0.717) is 5.56 Å². The molecule has 0 N–H and O–H groups in total. The van der Waals surface area contributed by atoms with Crippen LogP contribution in [0.5, 0.6) is 5.75 Å². The number of hydrogen-bond donors (Lipinski definition) is 0. The van der Waals surface area contributed by atoms with E-state index in [2.05, 4.69) is 6.58 Å². The molecule has 0 atom stereocenters. The van der Waals surface area contributed by atoms with Gasteiger partial charge in [-0.3, -0.25) is 9.59 Å². The zero-order valence-electron chi connectivity index (χ0n) is 18.1. The quantitative estimate of drug-likeness (QED) is 0.632. The van der Waals surface area contributed by atoms with Gasteiger partial charge in [0.15, 0.2) is 17.4 Å². The van der Waals surface area contributed by atoms with Crippen molar-refractivity contribution >= 4 is 29.1 Å². The molecule has 2 aromatic carbocycles. The van der Waals surface area contributed by atoms with Crippen LogP contribution >= 0.6 is 11.6 Å². The molecule has 0 aliphatic carbocycles. The second-order valence-electron chi connectivity index (χ2n) is 7.46. The Morgan fingerprint density at radius 1 is 1.09 bits per heavy atom. The second kappa shape index (κ2) is 9.56. The summed E-state index contributed by atoms with van der Waals surface area (Å²) >= 11 is 6.38. The van der Waals surface area contributed by atoms with Crippen LogP contribution in [-0.4, -0.2) is 69.0 Å². The molecule has 1 aliphatic rings. The van der Waals surface area contributed by atoms with E-state index in [1.807, 2.05) is 0 Å². The molecule has 0 unspecified atom stereocenters. The van der Waals surface area contributed by atoms with E-state index in [-0.39, 0.29) is 54.1 Å². The van der Waals surface area contributed by atoms with Crippen LogP contribution in [0.15, 0.2) is 36.9 Å². The zero-order chi connectivity index (χ0) is 23.6. The Morgan fingerprint density at radius 2 is 1.69 bits per heavy atom. The first-order valence-electron chi connectivity index (χ1n) is 9.94. The Balaban J connectivity index is 2.18. The van der Waals surface area contributed by atoms with Gasteiger partial charge in [-0.25, -0.2) is 8.78 Å². The van der Waals surface area contributed by atoms with Crippen LogP contribution in [0.25, 0.3) is 11.1 Å². The van der Waals surface area contributed by atoms with Crippen molar-refractivity contribution in [3.63, 3.8) is 0 Å². The van der Waals surface area contributed by atoms with Crippen LogP contribution in [0, 0.1) is 11.6 Å². The van der Waals surface area contributed by atoms with Crippen LogP contribution in [0.4, 0.5) is 14.5 Å². The lowest BCUT2D eigenvalue weighted by atomic mass is 9.94. The molecule has 3 rings (SSSR count). The Hall–Kier alpha value is -3.13. The topological polar surface area (TPSA) is 53.1 Å². The van der Waals surface area contributed by atoms with E-state index in [9.17, 15) is 9.59 Å². The van der Waals surface area contributed by atoms with Crippen molar-refractivity contribution in [3.8, 4) is 16.9 Å². The number of anilines is 1. The highest BCUT2D eigenvalue weighted by Gasteiger charge is 2.35. The summed E-state index contributed by atoms with van der Waals surface area (Å²) in [6.07, 6.45) is 1.20. The van der Waals surface area contributed by atoms with Gasteiger partial charge in [-0.15, -0.1) is 0 Å². The van der Waals surface area contributed by atoms with Crippen LogP contribution in [0.2, 0.25) is 5.02 Å². The number of halogens is 3. The first-order valence-corrected chi connectivity index (χ1v) is 10.3. The lowest BCUT2D eigenvalue weighted by Crippen LogP contribution is -2.50. The minimum atomic E-state index is -1.28. The molecular weight excluding hydrogens is 440 g/mol. The van der Waals surface area contributed by atoms with Crippen LogP contribution in [0.1, 0.15) is 10.4 Å². The minimum Gasteiger partial charge on any atom is -0.494 e. The fraction of sp³-hybridized carbons (Fsp3) is 0.304. The summed E-state index contributed by atoms with van der Waals surface area (Å²) in [4.78, 5) is 29.6. The SMILES string of the molecule is C=CC(=O)N1CCN(C(=O)c2c(F)c(F)c(N(C)C)c(OC)c2-c2ccccc2Cl)CC1. The molecule has 0 aromatic heterocycles. The number of nitrogens with zero attached hydrogens (tertiary/aromatic N) is 3. The molecule has 0 radical (unpaired) electrons. The largest absolute Gasteiger partial charge is 0.494 e. The number of carbonyl (C=O) groups excluding carboxylic acids is 2. The molecule has 1 saturated heterocycles. The van der Waals surface area contributed by atoms with Gasteiger partial charge in [0.2, 0.25) is 5.91 Å². The predicted molar refractivity (Wildman–Crippen MR) is 120 cm³/mol. The second-order valence-corrected chi connectivity index (χ2v) is 7.86. The average molecular weight is 464 g/mol. The summed E-state index contributed by atoms with van der Waals surface area (Å²) in [5.41, 5.74) is -0.161. The number of ether oxygens (including phenoxy) is 1. The number of benzene rings is 2. The van der Waals surface area contributed by atoms with Crippen LogP contribution in [-0.2, 0) is 4.79 Å². The monoisotopic (exact) mass is 463 g/mol. The zero-order valence-corrected chi connectivity index (χ0v) is 18.9. The maximum atomic E-state index is 15.5. The first-order chi connectivity index (χ1) is 15.2. The minimum absolute atomic E-state index is 0.00539. The van der Waals surface area contributed by atoms with E-state index < -0.39 is 23.1 Å². The summed E-state index contributed by atoms with van der Waals surface area (Å²) in [6, 6.07) is 6.60. The van der Waals surface area contributed by atoms with Gasteiger partial charge >= 0.3 is 0 Å². The van der Waals surface area contributed by atoms with Crippen molar-refractivity contribution in [1.29, 1.82) is 0 Å². The number of amides is 2. The fourth-order valence-corrected chi connectivity index (χ4v) is 4.02. The lowest BCUT2D eigenvalue weighted by molar-refractivity contribution is -0.127. The molecule has 32 heavy (non-hydrogen) atoms. The molecule has 0 spiro atoms. The van der Waals surface area contributed by atoms with Gasteiger partial charge in [-0.2, -0.15) is 0 Å². The predicted octanol–water partition coefficient (Wildman–Crippen LogP) is 3.83. The van der Waals surface area contributed by atoms with E-state index in [1.54, 1.807) is 43.3 Å². The number of piperazine rings is 1. The van der Waals surface area contributed by atoms with E-state index in [0.717, 1.165) is 0 Å². The average Bonchev–Trinajstić information content (AvgIpc) is 2.79. The van der Waals surface area contributed by atoms with Gasteiger partial charge in [0.1, 0.15) is 5.69 Å². The van der Waals surface area contributed by atoms with Crippen molar-refractivity contribution in [1.82, 2.24) is 9.80 Å². The Labute approximate surface area is 190 Å². The summed E-state index contributed by atoms with van der Waals surface area (Å²) in [7, 11) is 4.43. The van der Waals surface area contributed by atoms with E-state index in [4.69, 9.17) is 16.3 Å². The molecule has 170 valence electrons. The molecule has 1 fully saturated rings. The van der Waals surface area contributed by atoms with Crippen molar-refractivity contribution in [2.24, 2.45) is 0 Å². The smallest absolute Gasteiger partial charge is 0.257 e. The molecule has 2 amide bonds. The van der Waals surface area contributed by atoms with Gasteiger partial charge in [-0.1, -0.05) is 36.4 Å². The highest BCUT2D eigenvalue weighted by atomic mass is 35.5. The molecule has 0 bridgehead atoms. The van der Waals surface area contributed by atoms with Crippen molar-refractivity contribution in [2.75, 3.05) is 52.3 Å². The summed E-state index contributed by atoms with van der Waals surface area (Å²) < 4.78 is 36.1. The van der Waals surface area contributed by atoms with Crippen molar-refractivity contribution < 1.29 is 23.1 Å². The van der Waals surface area contributed by atoms with Gasteiger partial charge < -0.3 is 19.4 Å². The van der Waals surface area contributed by atoms with E-state index in [1.165, 1.54) is 23.0 Å². The van der Waals surface area contributed by atoms with Crippen LogP contribution < -0.4 is 9.64 Å². The third-order valence-corrected chi connectivity index (χ3v) is 5.70. The standard InChI is InChI=1S/C23H24ClF2N3O3/c1-5-16(30)28-10-12-29(13-11-28)23(31)18-17(14-8-6-7-9-15(14)24)22(32-4)21(27(2)3)20(26)19(18)25/h5-9H,1,10-13H2,2-4H3. The maximum Gasteiger partial charge on any atom is 0.257 e. The maximum absolute atomic E-state index is 15.5. The third kappa shape index (κ3) is 4.14. The number of carbonyl (C=O) groups is 2. The first kappa shape index (κ1) is 23.5. The number of rotatable bonds is 5. The van der Waals surface area contributed by atoms with Gasteiger partial charge in [0.25, 0.3) is 5.91 Å². The van der Waals surface area contributed by atoms with Gasteiger partial charge in [0.05, 0.1) is 12.7 Å². The normalized spacial score (nSPS) is 13.7. The van der Waals surface area contributed by atoms with Gasteiger partial charge in [-0.05, 0) is 12.1 Å². The fourth-order valence-electron chi connectivity index (χ4n) is 3.79. The molecule has 1 heterocycles. The molecule has 1 aliphatic heterocycles. The summed E-state index contributed by atoms with van der Waals surface area (Å²) in [5, 5.41) is 0.261. The third-order valence-electron chi connectivity index (χ3n) is 5.37. The van der Waals surface area contributed by atoms with Crippen LogP contribution in [0.3, 0.4) is 0 Å². The molecule has 6 nitrogen and oxygen atoms in total. The number of hydrogen-bond acceptors (Lipinski definition) is 4. The molecular formula is C23H24ClF2N3O3. The summed E-state index contributed by atoms with van der Waals surface area (Å²) in [6.45, 7) is 4.31. The van der Waals surface area contributed by atoms with Gasteiger partial charge in [0, 0.05) is 56.4 Å². The van der Waals surface area contributed by atoms with E-state index >= 15 is 8.78 Å². The molecule has 0 saturated carbocycles. The Bertz CT molecular complexity index is 1070. The summed E-state index contributed by atoms with van der Waals surface area (Å²) in [5.74, 6) is -3.41.